The third-order valence-corrected chi connectivity index (χ3v) is 2.96. The second-order valence-corrected chi connectivity index (χ2v) is 3.53. The van der Waals surface area contributed by atoms with E-state index >= 15 is 0 Å². The van der Waals surface area contributed by atoms with E-state index in [4.69, 9.17) is 0 Å². The minimum Gasteiger partial charge on any atom is -0.344 e. The first-order valence-electron chi connectivity index (χ1n) is 5.23. The van der Waals surface area contributed by atoms with E-state index in [1.54, 1.807) is 0 Å². The summed E-state index contributed by atoms with van der Waals surface area (Å²) in [4.78, 5) is 11.7. The SMILES string of the molecule is CCC(CC)(CC)NC(=O)c1nn[nH]n1. The van der Waals surface area contributed by atoms with Crippen molar-refractivity contribution in [1.82, 2.24) is 25.9 Å². The fourth-order valence-electron chi connectivity index (χ4n) is 1.57. The Hall–Kier alpha value is -1.46. The minimum absolute atomic E-state index is 0.0923. The van der Waals surface area contributed by atoms with Crippen molar-refractivity contribution in [2.75, 3.05) is 0 Å². The summed E-state index contributed by atoms with van der Waals surface area (Å²) >= 11 is 0. The van der Waals surface area contributed by atoms with E-state index in [9.17, 15) is 4.79 Å². The number of carbonyl (C=O) groups excluding carboxylic acids is 1. The Kier molecular flexibility index (Phi) is 3.76. The zero-order chi connectivity index (χ0) is 11.3. The van der Waals surface area contributed by atoms with Gasteiger partial charge in [0.2, 0.25) is 0 Å². The molecule has 0 saturated heterocycles. The fraction of sp³-hybridized carbons (Fsp3) is 0.778. The average molecular weight is 211 g/mol. The van der Waals surface area contributed by atoms with Crippen LogP contribution in [0.2, 0.25) is 0 Å². The third kappa shape index (κ3) is 2.51. The number of hydrogen-bond donors (Lipinski definition) is 2. The van der Waals surface area contributed by atoms with Crippen molar-refractivity contribution < 1.29 is 4.79 Å². The molecule has 2 N–H and O–H groups in total. The number of hydrogen-bond acceptors (Lipinski definition) is 4. The van der Waals surface area contributed by atoms with E-state index in [0.29, 0.717) is 0 Å². The highest BCUT2D eigenvalue weighted by Gasteiger charge is 2.27. The van der Waals surface area contributed by atoms with Crippen LogP contribution in [0, 0.1) is 0 Å². The van der Waals surface area contributed by atoms with Gasteiger partial charge >= 0.3 is 0 Å². The van der Waals surface area contributed by atoms with Gasteiger partial charge in [0.15, 0.2) is 0 Å². The topological polar surface area (TPSA) is 83.6 Å². The fourth-order valence-corrected chi connectivity index (χ4v) is 1.57. The number of tetrazole rings is 1. The standard InChI is InChI=1S/C9H17N5O/c1-4-9(5-2,6-3)10-8(15)7-11-13-14-12-7/h4-6H2,1-3H3,(H,10,15)(H,11,12,13,14). The second kappa shape index (κ2) is 4.86. The third-order valence-electron chi connectivity index (χ3n) is 2.96. The molecule has 0 bridgehead atoms. The van der Waals surface area contributed by atoms with Crippen LogP contribution in [0.5, 0.6) is 0 Å². The van der Waals surface area contributed by atoms with Gasteiger partial charge < -0.3 is 5.32 Å². The molecule has 0 saturated carbocycles. The van der Waals surface area contributed by atoms with Crippen molar-refractivity contribution >= 4 is 5.91 Å². The van der Waals surface area contributed by atoms with Gasteiger partial charge in [-0.2, -0.15) is 5.21 Å². The van der Waals surface area contributed by atoms with Crippen molar-refractivity contribution in [3.8, 4) is 0 Å². The van der Waals surface area contributed by atoms with E-state index in [1.165, 1.54) is 0 Å². The summed E-state index contributed by atoms with van der Waals surface area (Å²) < 4.78 is 0. The lowest BCUT2D eigenvalue weighted by atomic mass is 9.90. The number of aromatic amines is 1. The van der Waals surface area contributed by atoms with Gasteiger partial charge in [0, 0.05) is 5.54 Å². The molecule has 84 valence electrons. The highest BCUT2D eigenvalue weighted by molar-refractivity contribution is 5.90. The molecule has 0 radical (unpaired) electrons. The molecule has 0 aliphatic rings. The van der Waals surface area contributed by atoms with Crippen molar-refractivity contribution in [2.24, 2.45) is 0 Å². The van der Waals surface area contributed by atoms with Gasteiger partial charge in [-0.15, -0.1) is 10.2 Å². The summed E-state index contributed by atoms with van der Waals surface area (Å²) in [5.74, 6) is -0.177. The largest absolute Gasteiger partial charge is 0.344 e. The van der Waals surface area contributed by atoms with Gasteiger partial charge in [-0.3, -0.25) is 4.79 Å². The number of rotatable bonds is 5. The molecule has 0 aromatic carbocycles. The summed E-state index contributed by atoms with van der Waals surface area (Å²) in [6.45, 7) is 6.18. The van der Waals surface area contributed by atoms with Crippen molar-refractivity contribution in [3.63, 3.8) is 0 Å². The smallest absolute Gasteiger partial charge is 0.293 e. The lowest BCUT2D eigenvalue weighted by Crippen LogP contribution is -2.47. The number of amides is 1. The summed E-state index contributed by atoms with van der Waals surface area (Å²) in [6.07, 6.45) is 2.68. The quantitative estimate of drug-likeness (QED) is 0.757. The van der Waals surface area contributed by atoms with Crippen molar-refractivity contribution in [1.29, 1.82) is 0 Å². The van der Waals surface area contributed by atoms with Gasteiger partial charge in [0.1, 0.15) is 0 Å². The van der Waals surface area contributed by atoms with E-state index in [2.05, 4.69) is 46.7 Å². The molecular weight excluding hydrogens is 194 g/mol. The molecule has 0 fully saturated rings. The normalized spacial score (nSPS) is 11.4. The predicted molar refractivity (Wildman–Crippen MR) is 55.2 cm³/mol. The molecule has 6 nitrogen and oxygen atoms in total. The zero-order valence-corrected chi connectivity index (χ0v) is 9.37. The second-order valence-electron chi connectivity index (χ2n) is 3.53. The summed E-state index contributed by atoms with van der Waals surface area (Å²) in [5.41, 5.74) is -0.155. The van der Waals surface area contributed by atoms with Crippen LogP contribution in [-0.2, 0) is 0 Å². The first kappa shape index (κ1) is 11.6. The summed E-state index contributed by atoms with van der Waals surface area (Å²) in [6, 6.07) is 0. The summed E-state index contributed by atoms with van der Waals surface area (Å²) in [5, 5.41) is 15.9. The zero-order valence-electron chi connectivity index (χ0n) is 9.37. The number of H-pyrrole nitrogens is 1. The molecule has 15 heavy (non-hydrogen) atoms. The van der Waals surface area contributed by atoms with Crippen LogP contribution in [0.25, 0.3) is 0 Å². The van der Waals surface area contributed by atoms with Gasteiger partial charge in [-0.1, -0.05) is 20.8 Å². The molecule has 1 amide bonds. The Morgan fingerprint density at radius 3 is 2.33 bits per heavy atom. The Labute approximate surface area is 88.8 Å². The lowest BCUT2D eigenvalue weighted by molar-refractivity contribution is 0.0877. The maximum Gasteiger partial charge on any atom is 0.293 e. The monoisotopic (exact) mass is 211 g/mol. The molecule has 0 unspecified atom stereocenters. The van der Waals surface area contributed by atoms with Crippen molar-refractivity contribution in [2.45, 2.75) is 45.6 Å². The molecular formula is C9H17N5O. The number of nitrogens with zero attached hydrogens (tertiary/aromatic N) is 3. The lowest BCUT2D eigenvalue weighted by Gasteiger charge is -2.31. The van der Waals surface area contributed by atoms with Gasteiger partial charge in [0.05, 0.1) is 0 Å². The minimum atomic E-state index is -0.269. The van der Waals surface area contributed by atoms with Gasteiger partial charge in [-0.25, -0.2) is 0 Å². The van der Waals surface area contributed by atoms with Gasteiger partial charge in [0.25, 0.3) is 11.7 Å². The number of nitrogens with one attached hydrogen (secondary N) is 2. The molecule has 0 aliphatic carbocycles. The Morgan fingerprint density at radius 1 is 1.33 bits per heavy atom. The molecule has 0 aliphatic heterocycles. The Balaban J connectivity index is 2.71. The molecule has 1 aromatic rings. The molecule has 1 aromatic heterocycles. The highest BCUT2D eigenvalue weighted by atomic mass is 16.2. The first-order valence-corrected chi connectivity index (χ1v) is 5.23. The predicted octanol–water partition coefficient (Wildman–Crippen LogP) is 0.898. The molecule has 1 heterocycles. The van der Waals surface area contributed by atoms with Crippen LogP contribution in [0.4, 0.5) is 0 Å². The molecule has 1 rings (SSSR count). The maximum absolute atomic E-state index is 11.7. The maximum atomic E-state index is 11.7. The summed E-state index contributed by atoms with van der Waals surface area (Å²) in [7, 11) is 0. The van der Waals surface area contributed by atoms with Crippen LogP contribution in [0.3, 0.4) is 0 Å². The average Bonchev–Trinajstić information content (AvgIpc) is 2.79. The van der Waals surface area contributed by atoms with E-state index in [1.807, 2.05) is 0 Å². The van der Waals surface area contributed by atoms with E-state index in [-0.39, 0.29) is 17.3 Å². The Morgan fingerprint density at radius 2 is 1.93 bits per heavy atom. The van der Waals surface area contributed by atoms with Crippen LogP contribution in [0.15, 0.2) is 0 Å². The first-order chi connectivity index (χ1) is 7.17. The van der Waals surface area contributed by atoms with Crippen LogP contribution >= 0.6 is 0 Å². The van der Waals surface area contributed by atoms with Crippen LogP contribution in [-0.4, -0.2) is 32.1 Å². The molecule has 6 heteroatoms. The van der Waals surface area contributed by atoms with Gasteiger partial charge in [-0.05, 0) is 24.5 Å². The molecule has 0 atom stereocenters. The Bertz CT molecular complexity index is 296. The molecule has 0 spiro atoms. The highest BCUT2D eigenvalue weighted by Crippen LogP contribution is 2.19. The van der Waals surface area contributed by atoms with E-state index in [0.717, 1.165) is 19.3 Å². The number of carbonyl (C=O) groups is 1. The van der Waals surface area contributed by atoms with Crippen LogP contribution in [0.1, 0.15) is 50.7 Å². The van der Waals surface area contributed by atoms with Crippen molar-refractivity contribution in [3.05, 3.63) is 5.82 Å². The van der Waals surface area contributed by atoms with Crippen LogP contribution < -0.4 is 5.32 Å². The van der Waals surface area contributed by atoms with E-state index < -0.39 is 0 Å². The number of aromatic nitrogens is 4.